The van der Waals surface area contributed by atoms with E-state index in [-0.39, 0.29) is 60.1 Å². The maximum absolute atomic E-state index is 12.8. The first kappa shape index (κ1) is 73.2. The number of ether oxygens (including phenoxy) is 1. The highest BCUT2D eigenvalue weighted by molar-refractivity contribution is 8.13. The molecule has 2 aromatic rings. The van der Waals surface area contributed by atoms with E-state index in [2.05, 4.69) is 53.5 Å². The minimum atomic E-state index is -5.58. The summed E-state index contributed by atoms with van der Waals surface area (Å²) >= 11 is 1.16. The molecule has 0 aliphatic carbocycles. The van der Waals surface area contributed by atoms with Crippen molar-refractivity contribution >= 4 is 69.1 Å². The van der Waals surface area contributed by atoms with Crippen molar-refractivity contribution in [2.45, 2.75) is 186 Å². The molecule has 0 saturated carbocycles. The Labute approximate surface area is 451 Å². The van der Waals surface area contributed by atoms with Crippen LogP contribution in [0.2, 0.25) is 0 Å². The van der Waals surface area contributed by atoms with Gasteiger partial charge in [0.25, 0.3) is 0 Å². The molecule has 27 nitrogen and oxygen atoms in total. The summed E-state index contributed by atoms with van der Waals surface area (Å²) < 4.78 is 62.5. The second-order valence-electron chi connectivity index (χ2n) is 18.7. The number of nitrogen functional groups attached to an aromatic ring is 1. The number of thioether (sulfide) groups is 1. The van der Waals surface area contributed by atoms with Gasteiger partial charge in [-0.1, -0.05) is 135 Å². The van der Waals surface area contributed by atoms with Crippen LogP contribution < -0.4 is 34.8 Å². The number of carbonyl (C=O) groups is 3. The van der Waals surface area contributed by atoms with E-state index in [0.717, 1.165) is 48.2 Å². The fourth-order valence-electron chi connectivity index (χ4n) is 7.77. The van der Waals surface area contributed by atoms with Crippen molar-refractivity contribution in [3.05, 3.63) is 24.8 Å². The lowest BCUT2D eigenvalue weighted by molar-refractivity contribution is -0.137. The van der Waals surface area contributed by atoms with Crippen LogP contribution in [0.25, 0.3) is 11.2 Å². The highest BCUT2D eigenvalue weighted by atomic mass is 32.2. The van der Waals surface area contributed by atoms with E-state index in [0.29, 0.717) is 12.2 Å². The molecular formula is C45H89N10O17P3S. The summed E-state index contributed by atoms with van der Waals surface area (Å²) in [5, 5.41) is 26.7. The van der Waals surface area contributed by atoms with Crippen molar-refractivity contribution in [3.63, 3.8) is 0 Å². The minimum Gasteiger partial charge on any atom is -0.386 e. The number of nitrogens with two attached hydrogens (primary N) is 1. The maximum atomic E-state index is 12.8. The molecule has 0 radical (unpaired) electrons. The smallest absolute Gasteiger partial charge is 0.386 e. The van der Waals surface area contributed by atoms with Gasteiger partial charge in [-0.25, -0.2) is 28.6 Å². The number of fused-ring (bicyclic) bond motifs is 1. The molecule has 1 saturated heterocycles. The summed E-state index contributed by atoms with van der Waals surface area (Å²) in [4.78, 5) is 88.6. The van der Waals surface area contributed by atoms with Gasteiger partial charge in [-0.2, -0.15) is 4.31 Å². The number of aliphatic hydroxyl groups is 2. The molecule has 3 heterocycles. The summed E-state index contributed by atoms with van der Waals surface area (Å²) in [5.41, 5.74) is 4.29. The predicted octanol–water partition coefficient (Wildman–Crippen LogP) is 7.53. The first-order valence-electron chi connectivity index (χ1n) is 25.3. The second-order valence-corrected chi connectivity index (χ2v) is 24.1. The van der Waals surface area contributed by atoms with Gasteiger partial charge in [-0.15, -0.1) is 0 Å². The zero-order valence-electron chi connectivity index (χ0n) is 44.5. The van der Waals surface area contributed by atoms with Gasteiger partial charge in [0, 0.05) is 37.1 Å². The molecule has 1 aliphatic rings. The van der Waals surface area contributed by atoms with Gasteiger partial charge in [0.1, 0.15) is 36.3 Å². The monoisotopic (exact) mass is 1170 g/mol. The van der Waals surface area contributed by atoms with Crippen molar-refractivity contribution < 1.29 is 80.5 Å². The number of hydrogen-bond donors (Lipinski definition) is 12. The molecule has 1 fully saturated rings. The summed E-state index contributed by atoms with van der Waals surface area (Å²) in [6.07, 6.45) is 22.0. The molecule has 442 valence electrons. The van der Waals surface area contributed by atoms with Crippen LogP contribution in [0.5, 0.6) is 0 Å². The average Bonchev–Trinajstić information content (AvgIpc) is 3.88. The number of rotatable bonds is 40. The van der Waals surface area contributed by atoms with E-state index in [9.17, 15) is 57.9 Å². The molecule has 31 heteroatoms. The third kappa shape index (κ3) is 28.9. The van der Waals surface area contributed by atoms with E-state index in [1.165, 1.54) is 117 Å². The SMILES string of the molecule is CCCCCCCC/C=C\CCCCCCCCCCCCCC(=O)SCCNC(=O)CCNC(=O)[C@H](O)C(C)(C)COP(=O)(O)OP(=O)(O)OC[C@H]1O[C@@H](n2cnc3c(N)ncnc32)C(O)[C@H]1OP(=O)(O)O.N.N.N. The van der Waals surface area contributed by atoms with Crippen LogP contribution in [0.4, 0.5) is 5.82 Å². The Morgan fingerprint density at radius 3 is 1.93 bits per heavy atom. The van der Waals surface area contributed by atoms with Crippen molar-refractivity contribution in [1.29, 1.82) is 0 Å². The topological polar surface area (TPSA) is 469 Å². The number of nitrogens with zero attached hydrogens (tertiary/aromatic N) is 4. The number of amides is 2. The van der Waals surface area contributed by atoms with Gasteiger partial charge >= 0.3 is 23.5 Å². The van der Waals surface area contributed by atoms with E-state index in [4.69, 9.17) is 19.5 Å². The van der Waals surface area contributed by atoms with Crippen LogP contribution in [0.1, 0.15) is 162 Å². The van der Waals surface area contributed by atoms with E-state index >= 15 is 0 Å². The molecule has 19 N–H and O–H groups in total. The van der Waals surface area contributed by atoms with Crippen LogP contribution in [-0.4, -0.2) is 123 Å². The molecule has 76 heavy (non-hydrogen) atoms. The molecule has 0 aromatic carbocycles. The highest BCUT2D eigenvalue weighted by Gasteiger charge is 2.50. The number of aromatic nitrogens is 4. The fraction of sp³-hybridized carbons (Fsp3) is 0.778. The number of unbranched alkanes of at least 4 members (excludes halogenated alkanes) is 17. The Bertz CT molecular complexity index is 2160. The fourth-order valence-corrected chi connectivity index (χ4v) is 11.3. The molecule has 2 aromatic heterocycles. The summed E-state index contributed by atoms with van der Waals surface area (Å²) in [6.45, 7) is 2.83. The highest BCUT2D eigenvalue weighted by Crippen LogP contribution is 2.61. The van der Waals surface area contributed by atoms with Crippen LogP contribution in [0, 0.1) is 5.41 Å². The standard InChI is InChI=1S/C45H80N7O17P3S.3H3N/c1-4-5-6-7-8-9-10-11-12-13-14-15-16-17-18-19-20-21-22-23-24-25-36(54)73-29-28-47-35(53)26-27-48-43(57)40(56)45(2,3)31-66-72(63,64)69-71(61,62)65-30-34-39(68-70(58,59)60)38(55)44(67-34)52-33-51-37-41(46)49-32-50-42(37)52;;;/h11-12,32-34,38-40,44,55-56H,4-10,13-31H2,1-3H3,(H,47,53)(H,48,57)(H,61,62)(H,63,64)(H2,46,49,50)(H2,58,59,60);3*1H3/b12-11-;;;/t34-,38?,39+,40+,44-;;;/m1.../s1. The first-order valence-corrected chi connectivity index (χ1v) is 30.8. The van der Waals surface area contributed by atoms with Crippen LogP contribution >= 0.6 is 35.2 Å². The molecule has 0 spiro atoms. The van der Waals surface area contributed by atoms with Gasteiger partial charge in [-0.3, -0.25) is 32.5 Å². The molecular weight excluding hydrogens is 1080 g/mol. The molecule has 7 atom stereocenters. The molecule has 1 aliphatic heterocycles. The number of anilines is 1. The summed E-state index contributed by atoms with van der Waals surface area (Å²) in [7, 11) is -16.4. The molecule has 0 bridgehead atoms. The number of nitrogens with one attached hydrogen (secondary N) is 2. The summed E-state index contributed by atoms with van der Waals surface area (Å²) in [5.74, 6) is -1.02. The Kier molecular flexibility index (Phi) is 36.5. The van der Waals surface area contributed by atoms with Crippen molar-refractivity contribution in [1.82, 2.24) is 48.6 Å². The van der Waals surface area contributed by atoms with Crippen molar-refractivity contribution in [2.24, 2.45) is 5.41 Å². The van der Waals surface area contributed by atoms with E-state index < -0.39 is 84.6 Å². The number of hydrogen-bond acceptors (Lipinski definition) is 21. The molecule has 3 unspecified atom stereocenters. The molecule has 3 rings (SSSR count). The second kappa shape index (κ2) is 37.9. The first-order chi connectivity index (χ1) is 34.6. The number of carbonyl (C=O) groups excluding carboxylic acids is 3. The lowest BCUT2D eigenvalue weighted by Gasteiger charge is -2.30. The van der Waals surface area contributed by atoms with E-state index in [1.54, 1.807) is 0 Å². The van der Waals surface area contributed by atoms with Gasteiger partial charge in [0.2, 0.25) is 11.8 Å². The van der Waals surface area contributed by atoms with Gasteiger partial charge in [0.15, 0.2) is 22.8 Å². The van der Waals surface area contributed by atoms with Crippen LogP contribution in [0.15, 0.2) is 24.8 Å². The molecule has 2 amide bonds. The number of imidazole rings is 1. The van der Waals surface area contributed by atoms with Crippen LogP contribution in [0.3, 0.4) is 0 Å². The van der Waals surface area contributed by atoms with Gasteiger partial charge < -0.3 is 69.3 Å². The quantitative estimate of drug-likeness (QED) is 0.0174. The largest absolute Gasteiger partial charge is 0.481 e. The van der Waals surface area contributed by atoms with Gasteiger partial charge in [-0.05, 0) is 32.1 Å². The lowest BCUT2D eigenvalue weighted by Crippen LogP contribution is -2.46. The Hall–Kier alpha value is -2.82. The number of aliphatic hydroxyl groups excluding tert-OH is 2. The number of phosphoric acid groups is 3. The Morgan fingerprint density at radius 2 is 1.36 bits per heavy atom. The predicted molar refractivity (Wildman–Crippen MR) is 289 cm³/mol. The average molecular weight is 1170 g/mol. The van der Waals surface area contributed by atoms with E-state index in [1.807, 2.05) is 0 Å². The zero-order valence-corrected chi connectivity index (χ0v) is 48.0. The maximum Gasteiger partial charge on any atom is 0.481 e. The number of phosphoric ester groups is 3. The summed E-state index contributed by atoms with van der Waals surface area (Å²) in [6, 6.07) is 0. The Balaban J connectivity index is 0.0000187. The lowest BCUT2D eigenvalue weighted by atomic mass is 9.87. The van der Waals surface area contributed by atoms with Crippen molar-refractivity contribution in [3.8, 4) is 0 Å². The Morgan fingerprint density at radius 1 is 0.803 bits per heavy atom. The third-order valence-electron chi connectivity index (χ3n) is 11.9. The number of allylic oxidation sites excluding steroid dienone is 2. The zero-order chi connectivity index (χ0) is 53.9. The third-order valence-corrected chi connectivity index (χ3v) is 15.9. The van der Waals surface area contributed by atoms with Crippen molar-refractivity contribution in [2.75, 3.05) is 37.8 Å². The van der Waals surface area contributed by atoms with Crippen LogP contribution in [-0.2, 0) is 50.7 Å². The van der Waals surface area contributed by atoms with Gasteiger partial charge in [0.05, 0.1) is 19.5 Å². The minimum absolute atomic E-state index is 0. The normalized spacial score (nSPS) is 18.8.